The molecule has 2 fully saturated rings. The van der Waals surface area contributed by atoms with Gasteiger partial charge >= 0.3 is 0 Å². The molecule has 0 radical (unpaired) electrons. The summed E-state index contributed by atoms with van der Waals surface area (Å²) >= 11 is 0. The maximum atomic E-state index is 5.91. The SMILES string of the molecule is CCC1C2CNCC2CN1CCOc1cccc(C)c1. The Kier molecular flexibility index (Phi) is 4.27. The van der Waals surface area contributed by atoms with E-state index in [0.717, 1.165) is 36.8 Å². The van der Waals surface area contributed by atoms with Crippen LogP contribution in [0.3, 0.4) is 0 Å². The minimum Gasteiger partial charge on any atom is -0.492 e. The van der Waals surface area contributed by atoms with Gasteiger partial charge < -0.3 is 10.1 Å². The molecule has 0 bridgehead atoms. The van der Waals surface area contributed by atoms with E-state index in [1.54, 1.807) is 0 Å². The second kappa shape index (κ2) is 6.15. The van der Waals surface area contributed by atoms with E-state index in [1.165, 1.54) is 31.6 Å². The van der Waals surface area contributed by atoms with Crippen LogP contribution in [0.1, 0.15) is 18.9 Å². The number of nitrogens with one attached hydrogen (secondary N) is 1. The van der Waals surface area contributed by atoms with Gasteiger partial charge in [0.2, 0.25) is 0 Å². The first kappa shape index (κ1) is 13.9. The van der Waals surface area contributed by atoms with Crippen LogP contribution >= 0.6 is 0 Å². The minimum atomic E-state index is 0.746. The maximum absolute atomic E-state index is 5.91. The van der Waals surface area contributed by atoms with Crippen LogP contribution in [0.25, 0.3) is 0 Å². The molecule has 3 heteroatoms. The Bertz CT molecular complexity index is 448. The van der Waals surface area contributed by atoms with Gasteiger partial charge in [-0.25, -0.2) is 0 Å². The molecule has 1 N–H and O–H groups in total. The molecule has 0 aliphatic carbocycles. The summed E-state index contributed by atoms with van der Waals surface area (Å²) in [6, 6.07) is 9.07. The topological polar surface area (TPSA) is 24.5 Å². The molecule has 0 spiro atoms. The van der Waals surface area contributed by atoms with Crippen molar-refractivity contribution in [2.75, 3.05) is 32.8 Å². The number of ether oxygens (including phenoxy) is 1. The minimum absolute atomic E-state index is 0.746. The Morgan fingerprint density at radius 3 is 3.05 bits per heavy atom. The molecule has 2 heterocycles. The Morgan fingerprint density at radius 2 is 2.25 bits per heavy atom. The first-order valence-corrected chi connectivity index (χ1v) is 7.92. The second-order valence-corrected chi connectivity index (χ2v) is 6.22. The van der Waals surface area contributed by atoms with Gasteiger partial charge in [0, 0.05) is 19.1 Å². The van der Waals surface area contributed by atoms with E-state index in [4.69, 9.17) is 4.74 Å². The Labute approximate surface area is 122 Å². The Balaban J connectivity index is 1.51. The van der Waals surface area contributed by atoms with Gasteiger partial charge in [-0.2, -0.15) is 0 Å². The first-order valence-electron chi connectivity index (χ1n) is 7.92. The highest BCUT2D eigenvalue weighted by molar-refractivity contribution is 5.27. The molecule has 0 amide bonds. The van der Waals surface area contributed by atoms with Crippen molar-refractivity contribution < 1.29 is 4.74 Å². The number of rotatable bonds is 5. The lowest BCUT2D eigenvalue weighted by atomic mass is 9.93. The van der Waals surface area contributed by atoms with Crippen LogP contribution in [0, 0.1) is 18.8 Å². The molecule has 2 saturated heterocycles. The number of nitrogens with zero attached hydrogens (tertiary/aromatic N) is 1. The van der Waals surface area contributed by atoms with Gasteiger partial charge in [-0.1, -0.05) is 19.1 Å². The van der Waals surface area contributed by atoms with Gasteiger partial charge in [0.1, 0.15) is 12.4 Å². The van der Waals surface area contributed by atoms with Crippen LogP contribution in [0.4, 0.5) is 0 Å². The number of fused-ring (bicyclic) bond motifs is 1. The summed E-state index contributed by atoms with van der Waals surface area (Å²) in [4.78, 5) is 2.64. The van der Waals surface area contributed by atoms with Crippen molar-refractivity contribution in [1.82, 2.24) is 10.2 Å². The van der Waals surface area contributed by atoms with Crippen LogP contribution in [0.15, 0.2) is 24.3 Å². The van der Waals surface area contributed by atoms with Crippen molar-refractivity contribution in [1.29, 1.82) is 0 Å². The lowest BCUT2D eigenvalue weighted by Crippen LogP contribution is -2.37. The molecule has 1 aromatic carbocycles. The molecule has 3 rings (SSSR count). The molecule has 1 aromatic rings. The highest BCUT2D eigenvalue weighted by Crippen LogP contribution is 2.33. The van der Waals surface area contributed by atoms with Crippen LogP contribution < -0.4 is 10.1 Å². The zero-order valence-electron chi connectivity index (χ0n) is 12.6. The van der Waals surface area contributed by atoms with E-state index in [1.807, 2.05) is 6.07 Å². The van der Waals surface area contributed by atoms with E-state index >= 15 is 0 Å². The quantitative estimate of drug-likeness (QED) is 0.891. The van der Waals surface area contributed by atoms with Crippen molar-refractivity contribution in [2.45, 2.75) is 26.3 Å². The maximum Gasteiger partial charge on any atom is 0.119 e. The zero-order chi connectivity index (χ0) is 13.9. The molecule has 3 nitrogen and oxygen atoms in total. The van der Waals surface area contributed by atoms with Crippen molar-refractivity contribution in [3.05, 3.63) is 29.8 Å². The van der Waals surface area contributed by atoms with Crippen LogP contribution in [0.5, 0.6) is 5.75 Å². The summed E-state index contributed by atoms with van der Waals surface area (Å²) < 4.78 is 5.91. The Morgan fingerprint density at radius 1 is 1.35 bits per heavy atom. The fourth-order valence-corrected chi connectivity index (χ4v) is 3.91. The van der Waals surface area contributed by atoms with E-state index in [9.17, 15) is 0 Å². The summed E-state index contributed by atoms with van der Waals surface area (Å²) in [5, 5.41) is 3.54. The molecule has 3 atom stereocenters. The molecule has 2 aliphatic rings. The van der Waals surface area contributed by atoms with Crippen molar-refractivity contribution in [3.8, 4) is 5.75 Å². The van der Waals surface area contributed by atoms with Crippen LogP contribution in [-0.4, -0.2) is 43.7 Å². The fourth-order valence-electron chi connectivity index (χ4n) is 3.91. The predicted octanol–water partition coefficient (Wildman–Crippen LogP) is 2.30. The van der Waals surface area contributed by atoms with Crippen LogP contribution in [0.2, 0.25) is 0 Å². The van der Waals surface area contributed by atoms with E-state index in [-0.39, 0.29) is 0 Å². The van der Waals surface area contributed by atoms with E-state index < -0.39 is 0 Å². The molecule has 3 unspecified atom stereocenters. The summed E-state index contributed by atoms with van der Waals surface area (Å²) in [5.74, 6) is 2.72. The molecule has 0 saturated carbocycles. The normalized spacial score (nSPS) is 29.6. The lowest BCUT2D eigenvalue weighted by Gasteiger charge is -2.26. The number of hydrogen-bond donors (Lipinski definition) is 1. The van der Waals surface area contributed by atoms with Crippen molar-refractivity contribution in [2.24, 2.45) is 11.8 Å². The number of hydrogen-bond acceptors (Lipinski definition) is 3. The first-order chi connectivity index (χ1) is 9.78. The third-order valence-corrected chi connectivity index (χ3v) is 4.88. The highest BCUT2D eigenvalue weighted by Gasteiger charge is 2.42. The molecule has 110 valence electrons. The average molecular weight is 274 g/mol. The summed E-state index contributed by atoms with van der Waals surface area (Å²) in [7, 11) is 0. The number of benzene rings is 1. The van der Waals surface area contributed by atoms with Gasteiger partial charge in [0.25, 0.3) is 0 Å². The molecular formula is C17H26N2O. The van der Waals surface area contributed by atoms with Crippen LogP contribution in [-0.2, 0) is 0 Å². The zero-order valence-corrected chi connectivity index (χ0v) is 12.6. The number of aryl methyl sites for hydroxylation is 1. The van der Waals surface area contributed by atoms with E-state index in [0.29, 0.717) is 0 Å². The van der Waals surface area contributed by atoms with Gasteiger partial charge in [-0.15, -0.1) is 0 Å². The monoisotopic (exact) mass is 274 g/mol. The Hall–Kier alpha value is -1.06. The average Bonchev–Trinajstić information content (AvgIpc) is 2.99. The van der Waals surface area contributed by atoms with Gasteiger partial charge in [0.15, 0.2) is 0 Å². The van der Waals surface area contributed by atoms with E-state index in [2.05, 4.69) is 42.3 Å². The van der Waals surface area contributed by atoms with Gasteiger partial charge in [-0.3, -0.25) is 4.90 Å². The van der Waals surface area contributed by atoms with Gasteiger partial charge in [-0.05, 0) is 56.0 Å². The predicted molar refractivity (Wildman–Crippen MR) is 82.2 cm³/mol. The smallest absolute Gasteiger partial charge is 0.119 e. The number of likely N-dealkylation sites (tertiary alicyclic amines) is 1. The second-order valence-electron chi connectivity index (χ2n) is 6.22. The fraction of sp³-hybridized carbons (Fsp3) is 0.647. The molecule has 2 aliphatic heterocycles. The largest absolute Gasteiger partial charge is 0.492 e. The molecular weight excluding hydrogens is 248 g/mol. The van der Waals surface area contributed by atoms with Gasteiger partial charge in [0.05, 0.1) is 0 Å². The molecule has 20 heavy (non-hydrogen) atoms. The highest BCUT2D eigenvalue weighted by atomic mass is 16.5. The third kappa shape index (κ3) is 2.84. The lowest BCUT2D eigenvalue weighted by molar-refractivity contribution is 0.176. The summed E-state index contributed by atoms with van der Waals surface area (Å²) in [6.07, 6.45) is 1.26. The molecule has 0 aromatic heterocycles. The van der Waals surface area contributed by atoms with Crippen molar-refractivity contribution >= 4 is 0 Å². The standard InChI is InChI=1S/C17H26N2O/c1-3-17-16-11-18-10-14(16)12-19(17)7-8-20-15-6-4-5-13(2)9-15/h4-6,9,14,16-18H,3,7-8,10-12H2,1-2H3. The van der Waals surface area contributed by atoms with Crippen molar-refractivity contribution in [3.63, 3.8) is 0 Å². The summed E-state index contributed by atoms with van der Waals surface area (Å²) in [6.45, 7) is 9.93. The summed E-state index contributed by atoms with van der Waals surface area (Å²) in [5.41, 5.74) is 1.26. The third-order valence-electron chi connectivity index (χ3n) is 4.88.